The van der Waals surface area contributed by atoms with Gasteiger partial charge in [-0.15, -0.1) is 10.2 Å². The molecule has 1 amide bonds. The number of methoxy groups -OCH3 is 1. The minimum absolute atomic E-state index is 0.0935. The Bertz CT molecular complexity index is 898. The van der Waals surface area contributed by atoms with Gasteiger partial charge in [-0.2, -0.15) is 0 Å². The van der Waals surface area contributed by atoms with Crippen molar-refractivity contribution in [2.24, 2.45) is 0 Å². The predicted octanol–water partition coefficient (Wildman–Crippen LogP) is 3.63. The van der Waals surface area contributed by atoms with E-state index >= 15 is 0 Å². The molecule has 6 nitrogen and oxygen atoms in total. The van der Waals surface area contributed by atoms with Crippen molar-refractivity contribution < 1.29 is 9.53 Å². The lowest BCUT2D eigenvalue weighted by atomic mass is 10.1. The summed E-state index contributed by atoms with van der Waals surface area (Å²) < 4.78 is 5.32. The minimum atomic E-state index is -0.245. The Labute approximate surface area is 165 Å². The summed E-state index contributed by atoms with van der Waals surface area (Å²) in [4.78, 5) is 12.3. The van der Waals surface area contributed by atoms with Gasteiger partial charge in [-0.3, -0.25) is 4.79 Å². The number of amides is 1. The molecule has 0 saturated heterocycles. The number of nitrogens with zero attached hydrogens (tertiary/aromatic N) is 2. The number of ether oxygens (including phenoxy) is 1. The largest absolute Gasteiger partial charge is 0.496 e. The van der Waals surface area contributed by atoms with Crippen LogP contribution in [0.25, 0.3) is 0 Å². The van der Waals surface area contributed by atoms with E-state index in [1.165, 1.54) is 0 Å². The summed E-state index contributed by atoms with van der Waals surface area (Å²) in [6.45, 7) is 2.54. The Morgan fingerprint density at radius 3 is 2.46 bits per heavy atom. The van der Waals surface area contributed by atoms with Crippen molar-refractivity contribution in [2.75, 3.05) is 19.0 Å². The van der Waals surface area contributed by atoms with Crippen molar-refractivity contribution in [2.45, 2.75) is 19.4 Å². The second-order valence-corrected chi connectivity index (χ2v) is 6.40. The smallest absolute Gasteiger partial charge is 0.271 e. The van der Waals surface area contributed by atoms with E-state index in [0.29, 0.717) is 18.8 Å². The Morgan fingerprint density at radius 1 is 1.00 bits per heavy atom. The molecule has 1 heterocycles. The van der Waals surface area contributed by atoms with Crippen molar-refractivity contribution in [3.63, 3.8) is 0 Å². The van der Waals surface area contributed by atoms with Crippen molar-refractivity contribution >= 4 is 11.7 Å². The van der Waals surface area contributed by atoms with Crippen LogP contribution in [0.5, 0.6) is 5.75 Å². The average Bonchev–Trinajstić information content (AvgIpc) is 2.75. The lowest BCUT2D eigenvalue weighted by molar-refractivity contribution is 0.0948. The molecule has 0 aliphatic heterocycles. The molecule has 0 spiro atoms. The molecule has 0 fully saturated rings. The van der Waals surface area contributed by atoms with Gasteiger partial charge in [0.25, 0.3) is 5.91 Å². The summed E-state index contributed by atoms with van der Waals surface area (Å²) in [5.74, 6) is 1.20. The fourth-order valence-corrected chi connectivity index (χ4v) is 2.89. The molecule has 1 atom stereocenters. The van der Waals surface area contributed by atoms with Gasteiger partial charge in [0, 0.05) is 12.6 Å². The molecule has 0 bridgehead atoms. The summed E-state index contributed by atoms with van der Waals surface area (Å²) in [5.41, 5.74) is 2.49. The van der Waals surface area contributed by atoms with Crippen LogP contribution in [0.2, 0.25) is 0 Å². The Kier molecular flexibility index (Phi) is 6.57. The Hall–Kier alpha value is -3.41. The van der Waals surface area contributed by atoms with E-state index in [0.717, 1.165) is 16.9 Å². The standard InChI is InChI=1S/C22H24N4O2/c1-16(17-8-4-3-5-9-17)24-21-13-12-19(25-26-21)22(27)23-15-14-18-10-6-7-11-20(18)28-2/h3-13,16H,14-15H2,1-2H3,(H,23,27)(H,24,26). The maximum Gasteiger partial charge on any atom is 0.271 e. The summed E-state index contributed by atoms with van der Waals surface area (Å²) in [6.07, 6.45) is 0.678. The van der Waals surface area contributed by atoms with Gasteiger partial charge in [0.15, 0.2) is 5.69 Å². The number of para-hydroxylation sites is 1. The summed E-state index contributed by atoms with van der Waals surface area (Å²) in [5, 5.41) is 14.3. The second kappa shape index (κ2) is 9.50. The van der Waals surface area contributed by atoms with Crippen LogP contribution in [0.15, 0.2) is 66.7 Å². The minimum Gasteiger partial charge on any atom is -0.496 e. The fourth-order valence-electron chi connectivity index (χ4n) is 2.89. The Morgan fingerprint density at radius 2 is 1.75 bits per heavy atom. The first-order valence-electron chi connectivity index (χ1n) is 9.22. The van der Waals surface area contributed by atoms with Gasteiger partial charge >= 0.3 is 0 Å². The quantitative estimate of drug-likeness (QED) is 0.628. The molecular weight excluding hydrogens is 352 g/mol. The highest BCUT2D eigenvalue weighted by Gasteiger charge is 2.10. The molecule has 144 valence electrons. The molecule has 1 unspecified atom stereocenters. The van der Waals surface area contributed by atoms with Gasteiger partial charge in [-0.05, 0) is 42.7 Å². The zero-order chi connectivity index (χ0) is 19.8. The van der Waals surface area contributed by atoms with Crippen LogP contribution in [0, 0.1) is 0 Å². The number of rotatable bonds is 8. The van der Waals surface area contributed by atoms with Crippen molar-refractivity contribution in [3.8, 4) is 5.75 Å². The summed E-state index contributed by atoms with van der Waals surface area (Å²) >= 11 is 0. The first kappa shape index (κ1) is 19.4. The number of carbonyl (C=O) groups is 1. The normalized spacial score (nSPS) is 11.5. The van der Waals surface area contributed by atoms with Crippen LogP contribution in [0.4, 0.5) is 5.82 Å². The lowest BCUT2D eigenvalue weighted by Gasteiger charge is -2.14. The number of hydrogen-bond donors (Lipinski definition) is 2. The van der Waals surface area contributed by atoms with E-state index in [1.54, 1.807) is 19.2 Å². The lowest BCUT2D eigenvalue weighted by Crippen LogP contribution is -2.27. The molecule has 0 aliphatic rings. The highest BCUT2D eigenvalue weighted by Crippen LogP contribution is 2.18. The van der Waals surface area contributed by atoms with Crippen LogP contribution in [-0.4, -0.2) is 29.8 Å². The molecule has 1 aromatic heterocycles. The number of carbonyl (C=O) groups excluding carboxylic acids is 1. The molecule has 2 N–H and O–H groups in total. The molecule has 0 saturated carbocycles. The van der Waals surface area contributed by atoms with E-state index in [2.05, 4.69) is 39.9 Å². The molecule has 3 rings (SSSR count). The van der Waals surface area contributed by atoms with Gasteiger partial charge in [-0.1, -0.05) is 48.5 Å². The van der Waals surface area contributed by atoms with Crippen LogP contribution in [0.3, 0.4) is 0 Å². The van der Waals surface area contributed by atoms with Crippen molar-refractivity contribution in [3.05, 3.63) is 83.6 Å². The third-order valence-electron chi connectivity index (χ3n) is 4.43. The first-order chi connectivity index (χ1) is 13.7. The van der Waals surface area contributed by atoms with Crippen LogP contribution < -0.4 is 15.4 Å². The van der Waals surface area contributed by atoms with Crippen molar-refractivity contribution in [1.29, 1.82) is 0 Å². The maximum absolute atomic E-state index is 12.3. The Balaban J connectivity index is 1.52. The highest BCUT2D eigenvalue weighted by atomic mass is 16.5. The number of benzene rings is 2. The molecule has 0 aliphatic carbocycles. The van der Waals surface area contributed by atoms with E-state index < -0.39 is 0 Å². The van der Waals surface area contributed by atoms with Crippen molar-refractivity contribution in [1.82, 2.24) is 15.5 Å². The number of nitrogens with one attached hydrogen (secondary N) is 2. The molecule has 6 heteroatoms. The van der Waals surface area contributed by atoms with E-state index in [-0.39, 0.29) is 17.6 Å². The van der Waals surface area contributed by atoms with Crippen LogP contribution in [0.1, 0.15) is 34.6 Å². The predicted molar refractivity (Wildman–Crippen MR) is 110 cm³/mol. The van der Waals surface area contributed by atoms with Crippen LogP contribution in [-0.2, 0) is 6.42 Å². The molecule has 0 radical (unpaired) electrons. The van der Waals surface area contributed by atoms with Gasteiger partial charge in [-0.25, -0.2) is 0 Å². The third kappa shape index (κ3) is 5.07. The average molecular weight is 376 g/mol. The number of aromatic nitrogens is 2. The molecule has 3 aromatic rings. The first-order valence-corrected chi connectivity index (χ1v) is 9.22. The summed E-state index contributed by atoms with van der Waals surface area (Å²) in [7, 11) is 1.64. The molecule has 28 heavy (non-hydrogen) atoms. The third-order valence-corrected chi connectivity index (χ3v) is 4.43. The highest BCUT2D eigenvalue weighted by molar-refractivity contribution is 5.92. The van der Waals surface area contributed by atoms with E-state index in [9.17, 15) is 4.79 Å². The van der Waals surface area contributed by atoms with E-state index in [1.807, 2.05) is 42.5 Å². The summed E-state index contributed by atoms with van der Waals surface area (Å²) in [6, 6.07) is 21.4. The second-order valence-electron chi connectivity index (χ2n) is 6.40. The SMILES string of the molecule is COc1ccccc1CCNC(=O)c1ccc(NC(C)c2ccccc2)nn1. The van der Waals surface area contributed by atoms with E-state index in [4.69, 9.17) is 4.74 Å². The zero-order valence-electron chi connectivity index (χ0n) is 16.1. The van der Waals surface area contributed by atoms with Gasteiger partial charge in [0.2, 0.25) is 0 Å². The number of hydrogen-bond acceptors (Lipinski definition) is 5. The monoisotopic (exact) mass is 376 g/mol. The molecular formula is C22H24N4O2. The maximum atomic E-state index is 12.3. The molecule has 2 aromatic carbocycles. The number of anilines is 1. The van der Waals surface area contributed by atoms with Crippen LogP contribution >= 0.6 is 0 Å². The van der Waals surface area contributed by atoms with Gasteiger partial charge < -0.3 is 15.4 Å². The van der Waals surface area contributed by atoms with Gasteiger partial charge in [0.05, 0.1) is 7.11 Å². The van der Waals surface area contributed by atoms with Gasteiger partial charge in [0.1, 0.15) is 11.6 Å². The topological polar surface area (TPSA) is 76.1 Å². The zero-order valence-corrected chi connectivity index (χ0v) is 16.1. The fraction of sp³-hybridized carbons (Fsp3) is 0.227.